The molecular formula is C28H36N2O8S2. The van der Waals surface area contributed by atoms with E-state index in [4.69, 9.17) is 10.2 Å². The number of aryl methyl sites for hydroxylation is 2. The lowest BCUT2D eigenvalue weighted by molar-refractivity contribution is -0.147. The summed E-state index contributed by atoms with van der Waals surface area (Å²) in [6.07, 6.45) is -2.58. The van der Waals surface area contributed by atoms with E-state index in [1.54, 1.807) is 0 Å². The third kappa shape index (κ3) is 11.2. The second-order valence-corrected chi connectivity index (χ2v) is 12.0. The molecule has 40 heavy (non-hydrogen) atoms. The quantitative estimate of drug-likeness (QED) is 0.118. The topological polar surface area (TPSA) is 173 Å². The van der Waals surface area contributed by atoms with Gasteiger partial charge in [0.15, 0.2) is 12.2 Å². The molecule has 0 heterocycles. The first-order valence-corrected chi connectivity index (χ1v) is 15.2. The fourth-order valence-corrected chi connectivity index (χ4v) is 6.40. The molecule has 2 rings (SSSR count). The third-order valence-corrected chi connectivity index (χ3v) is 8.89. The van der Waals surface area contributed by atoms with Crippen molar-refractivity contribution >= 4 is 45.3 Å². The molecule has 0 saturated heterocycles. The first kappa shape index (κ1) is 33.1. The third-order valence-electron chi connectivity index (χ3n) is 6.33. The maximum absolute atomic E-state index is 12.9. The number of carbonyl (C=O) groups excluding carboxylic acids is 2. The molecule has 2 aromatic carbocycles. The lowest BCUT2D eigenvalue weighted by Crippen LogP contribution is -2.41. The fourth-order valence-electron chi connectivity index (χ4n) is 3.78. The van der Waals surface area contributed by atoms with Crippen molar-refractivity contribution in [3.8, 4) is 0 Å². The highest BCUT2D eigenvalue weighted by molar-refractivity contribution is 8.76. The van der Waals surface area contributed by atoms with Gasteiger partial charge >= 0.3 is 11.9 Å². The van der Waals surface area contributed by atoms with Gasteiger partial charge in [0.1, 0.15) is 0 Å². The Morgan fingerprint density at radius 3 is 1.35 bits per heavy atom. The standard InChI is InChI=1S/C28H36N2O8S2/c1-17-7-3-5-9-19(17)11-21(25(33)29-13-23(31)27(35)36)15-39-40-16-22(12-20-10-6-4-8-18(20)2)26(34)30-14-24(32)28(37)38/h3-10,21-24,31-32H,11-16H2,1-2H3,(H,29,33)(H,30,34)(H,35,36)(H,37,38). The van der Waals surface area contributed by atoms with E-state index in [9.17, 15) is 29.4 Å². The molecule has 4 unspecified atom stereocenters. The Labute approximate surface area is 241 Å². The molecule has 0 aliphatic carbocycles. The molecule has 12 heteroatoms. The summed E-state index contributed by atoms with van der Waals surface area (Å²) in [5, 5.41) is 42.0. The largest absolute Gasteiger partial charge is 0.479 e. The van der Waals surface area contributed by atoms with Crippen LogP contribution >= 0.6 is 21.6 Å². The van der Waals surface area contributed by atoms with E-state index < -0.39 is 49.1 Å². The average molecular weight is 593 g/mol. The number of nitrogens with one attached hydrogen (secondary N) is 2. The summed E-state index contributed by atoms with van der Waals surface area (Å²) < 4.78 is 0. The van der Waals surface area contributed by atoms with Crippen molar-refractivity contribution in [3.05, 3.63) is 70.8 Å². The van der Waals surface area contributed by atoms with E-state index in [0.717, 1.165) is 22.3 Å². The molecule has 0 saturated carbocycles. The van der Waals surface area contributed by atoms with Crippen molar-refractivity contribution in [1.82, 2.24) is 10.6 Å². The lowest BCUT2D eigenvalue weighted by Gasteiger charge is -2.20. The normalized spacial score (nSPS) is 14.0. The molecule has 0 aliphatic heterocycles. The molecule has 4 atom stereocenters. The van der Waals surface area contributed by atoms with Gasteiger partial charge in [-0.1, -0.05) is 70.1 Å². The number of benzene rings is 2. The van der Waals surface area contributed by atoms with Crippen LogP contribution in [0.4, 0.5) is 0 Å². The van der Waals surface area contributed by atoms with Crippen LogP contribution in [0.2, 0.25) is 0 Å². The van der Waals surface area contributed by atoms with E-state index in [-0.39, 0.29) is 11.8 Å². The van der Waals surface area contributed by atoms with Crippen LogP contribution in [0.25, 0.3) is 0 Å². The van der Waals surface area contributed by atoms with Crippen LogP contribution in [0.1, 0.15) is 22.3 Å². The molecule has 218 valence electrons. The van der Waals surface area contributed by atoms with Crippen molar-refractivity contribution in [2.24, 2.45) is 11.8 Å². The molecule has 0 aromatic heterocycles. The smallest absolute Gasteiger partial charge is 0.334 e. The van der Waals surface area contributed by atoms with Gasteiger partial charge in [-0.15, -0.1) is 0 Å². The Bertz CT molecular complexity index is 1070. The van der Waals surface area contributed by atoms with E-state index in [1.807, 2.05) is 62.4 Å². The Balaban J connectivity index is 2.06. The SMILES string of the molecule is Cc1ccccc1CC(CSSCC(Cc1ccccc1C)C(=O)NCC(O)C(=O)O)C(=O)NCC(O)C(=O)O. The van der Waals surface area contributed by atoms with E-state index in [1.165, 1.54) is 21.6 Å². The number of aliphatic hydroxyl groups excluding tert-OH is 2. The van der Waals surface area contributed by atoms with Crippen LogP contribution < -0.4 is 10.6 Å². The number of hydrogen-bond donors (Lipinski definition) is 6. The van der Waals surface area contributed by atoms with Crippen LogP contribution in [0.15, 0.2) is 48.5 Å². The van der Waals surface area contributed by atoms with Crippen LogP contribution in [0.5, 0.6) is 0 Å². The van der Waals surface area contributed by atoms with Gasteiger partial charge in [0.05, 0.1) is 24.9 Å². The zero-order valence-electron chi connectivity index (χ0n) is 22.4. The number of hydrogen-bond acceptors (Lipinski definition) is 8. The van der Waals surface area contributed by atoms with Crippen molar-refractivity contribution in [2.75, 3.05) is 24.6 Å². The highest BCUT2D eigenvalue weighted by atomic mass is 33.1. The predicted molar refractivity (Wildman–Crippen MR) is 155 cm³/mol. The highest BCUT2D eigenvalue weighted by Gasteiger charge is 2.25. The second kappa shape index (κ2) is 16.9. The summed E-state index contributed by atoms with van der Waals surface area (Å²) in [5.41, 5.74) is 3.98. The number of carboxylic acids is 2. The van der Waals surface area contributed by atoms with Crippen LogP contribution in [0, 0.1) is 25.7 Å². The molecular weight excluding hydrogens is 556 g/mol. The van der Waals surface area contributed by atoms with Gasteiger partial charge in [0.2, 0.25) is 11.8 Å². The summed E-state index contributed by atoms with van der Waals surface area (Å²) in [6.45, 7) is 3.07. The number of aliphatic hydroxyl groups is 2. The average Bonchev–Trinajstić information content (AvgIpc) is 2.92. The van der Waals surface area contributed by atoms with Gasteiger partial charge in [0, 0.05) is 11.5 Å². The molecule has 10 nitrogen and oxygen atoms in total. The van der Waals surface area contributed by atoms with Crippen LogP contribution in [-0.2, 0) is 32.0 Å². The molecule has 2 aromatic rings. The minimum Gasteiger partial charge on any atom is -0.479 e. The van der Waals surface area contributed by atoms with Gasteiger partial charge < -0.3 is 31.1 Å². The van der Waals surface area contributed by atoms with Crippen molar-refractivity contribution in [1.29, 1.82) is 0 Å². The van der Waals surface area contributed by atoms with E-state index in [0.29, 0.717) is 24.3 Å². The molecule has 0 spiro atoms. The van der Waals surface area contributed by atoms with Crippen molar-refractivity contribution in [2.45, 2.75) is 38.9 Å². The Kier molecular flexibility index (Phi) is 14.0. The maximum Gasteiger partial charge on any atom is 0.334 e. The monoisotopic (exact) mass is 592 g/mol. The molecule has 2 amide bonds. The lowest BCUT2D eigenvalue weighted by atomic mass is 9.96. The number of carbonyl (C=O) groups is 4. The highest BCUT2D eigenvalue weighted by Crippen LogP contribution is 2.30. The first-order chi connectivity index (χ1) is 19.0. The maximum atomic E-state index is 12.9. The molecule has 0 fully saturated rings. The Morgan fingerprint density at radius 1 is 0.675 bits per heavy atom. The molecule has 6 N–H and O–H groups in total. The number of amides is 2. The second-order valence-electron chi connectivity index (χ2n) is 9.42. The van der Waals surface area contributed by atoms with Crippen molar-refractivity contribution in [3.63, 3.8) is 0 Å². The van der Waals surface area contributed by atoms with Gasteiger partial charge in [-0.25, -0.2) is 9.59 Å². The molecule has 0 bridgehead atoms. The number of carboxylic acid groups (broad SMARTS) is 2. The van der Waals surface area contributed by atoms with Crippen molar-refractivity contribution < 1.29 is 39.6 Å². The van der Waals surface area contributed by atoms with E-state index >= 15 is 0 Å². The first-order valence-electron chi connectivity index (χ1n) is 12.7. The summed E-state index contributed by atoms with van der Waals surface area (Å²) in [4.78, 5) is 47.7. The zero-order chi connectivity index (χ0) is 29.7. The van der Waals surface area contributed by atoms with Gasteiger partial charge in [0.25, 0.3) is 0 Å². The van der Waals surface area contributed by atoms with Gasteiger partial charge in [-0.05, 0) is 48.9 Å². The number of aliphatic carboxylic acids is 2. The predicted octanol–water partition coefficient (Wildman–Crippen LogP) is 1.83. The fraction of sp³-hybridized carbons (Fsp3) is 0.429. The van der Waals surface area contributed by atoms with Crippen LogP contribution in [-0.4, -0.2) is 81.0 Å². The summed E-state index contributed by atoms with van der Waals surface area (Å²) in [6, 6.07) is 15.3. The van der Waals surface area contributed by atoms with Crippen LogP contribution in [0.3, 0.4) is 0 Å². The minimum atomic E-state index is -1.70. The number of rotatable bonds is 17. The van der Waals surface area contributed by atoms with E-state index in [2.05, 4.69) is 10.6 Å². The Hall–Kier alpha value is -3.06. The molecule has 0 radical (unpaired) electrons. The summed E-state index contributed by atoms with van der Waals surface area (Å²) >= 11 is 0. The van der Waals surface area contributed by atoms with Gasteiger partial charge in [-0.2, -0.15) is 0 Å². The minimum absolute atomic E-state index is 0.366. The Morgan fingerprint density at radius 2 is 1.02 bits per heavy atom. The summed E-state index contributed by atoms with van der Waals surface area (Å²) in [5.74, 6) is -3.91. The zero-order valence-corrected chi connectivity index (χ0v) is 24.0. The van der Waals surface area contributed by atoms with Gasteiger partial charge in [-0.3, -0.25) is 9.59 Å². The molecule has 0 aliphatic rings. The summed E-state index contributed by atoms with van der Waals surface area (Å²) in [7, 11) is 2.80.